The van der Waals surface area contributed by atoms with Gasteiger partial charge in [0.15, 0.2) is 0 Å². The Morgan fingerprint density at radius 1 is 1.58 bits per heavy atom. The minimum atomic E-state index is -2.19. The van der Waals surface area contributed by atoms with Crippen LogP contribution in [0.1, 0.15) is 13.8 Å². The second kappa shape index (κ2) is 5.23. The zero-order valence-electron chi connectivity index (χ0n) is 7.23. The van der Waals surface area contributed by atoms with Crippen molar-refractivity contribution in [2.24, 2.45) is 5.92 Å². The summed E-state index contributed by atoms with van der Waals surface area (Å²) in [5.41, 5.74) is 0. The van der Waals surface area contributed by atoms with Crippen LogP contribution in [-0.4, -0.2) is 27.9 Å². The number of carbonyl (C=O) groups excluding carboxylic acids is 1. The summed E-state index contributed by atoms with van der Waals surface area (Å²) in [5, 5.41) is 0. The first-order valence-electron chi connectivity index (χ1n) is 3.44. The first-order valence-corrected chi connectivity index (χ1v) is 4.54. The maximum atomic E-state index is 11.0. The number of hydrogen-bond donors (Lipinski definition) is 2. The summed E-state index contributed by atoms with van der Waals surface area (Å²) in [4.78, 5) is 11.0. The van der Waals surface area contributed by atoms with Crippen molar-refractivity contribution in [2.75, 3.05) is 7.11 Å². The van der Waals surface area contributed by atoms with Crippen molar-refractivity contribution in [3.05, 3.63) is 0 Å². The van der Waals surface area contributed by atoms with Crippen LogP contribution in [0.2, 0.25) is 0 Å². The quantitative estimate of drug-likeness (QED) is 0.485. The van der Waals surface area contributed by atoms with E-state index in [4.69, 9.17) is 4.55 Å². The summed E-state index contributed by atoms with van der Waals surface area (Å²) in [6.45, 7) is 3.50. The third-order valence-corrected chi connectivity index (χ3v) is 1.81. The molecule has 0 aromatic heterocycles. The van der Waals surface area contributed by atoms with Crippen LogP contribution >= 0.6 is 0 Å². The Balaban J connectivity index is 4.23. The molecule has 2 atom stereocenters. The fourth-order valence-corrected chi connectivity index (χ4v) is 1.28. The van der Waals surface area contributed by atoms with Gasteiger partial charge < -0.3 is 4.74 Å². The molecule has 0 saturated carbocycles. The van der Waals surface area contributed by atoms with E-state index in [2.05, 4.69) is 9.46 Å². The maximum absolute atomic E-state index is 11.0. The van der Waals surface area contributed by atoms with Crippen molar-refractivity contribution < 1.29 is 18.3 Å². The van der Waals surface area contributed by atoms with Crippen LogP contribution in [0.25, 0.3) is 0 Å². The van der Waals surface area contributed by atoms with Crippen LogP contribution in [0.5, 0.6) is 0 Å². The number of ether oxygens (including phenoxy) is 1. The Hall–Kier alpha value is -0.460. The summed E-state index contributed by atoms with van der Waals surface area (Å²) in [5.74, 6) is -0.624. The van der Waals surface area contributed by atoms with Gasteiger partial charge in [0.2, 0.25) is 11.3 Å². The number of nitrogens with one attached hydrogen (secondary N) is 1. The molecule has 0 aliphatic heterocycles. The molecular weight excluding hydrogens is 182 g/mol. The average Bonchev–Trinajstić information content (AvgIpc) is 1.98. The molecule has 0 rings (SSSR count). The van der Waals surface area contributed by atoms with Gasteiger partial charge in [0, 0.05) is 0 Å². The lowest BCUT2D eigenvalue weighted by atomic mass is 10.1. The summed E-state index contributed by atoms with van der Waals surface area (Å²) in [7, 11) is 1.24. The molecule has 0 aliphatic rings. The van der Waals surface area contributed by atoms with Crippen molar-refractivity contribution in [1.82, 2.24) is 4.72 Å². The molecule has 0 radical (unpaired) electrons. The second-order valence-corrected chi connectivity index (χ2v) is 3.35. The highest BCUT2D eigenvalue weighted by Gasteiger charge is 2.23. The number of esters is 1. The molecule has 0 saturated heterocycles. The van der Waals surface area contributed by atoms with Crippen LogP contribution in [0.15, 0.2) is 0 Å². The SMILES string of the molecule is COC(=O)C(NS(=O)O)C(C)C. The van der Waals surface area contributed by atoms with E-state index in [1.807, 2.05) is 0 Å². The first-order chi connectivity index (χ1) is 5.49. The van der Waals surface area contributed by atoms with Gasteiger partial charge in [-0.25, -0.2) is 8.93 Å². The van der Waals surface area contributed by atoms with E-state index in [9.17, 15) is 9.00 Å². The van der Waals surface area contributed by atoms with E-state index in [0.29, 0.717) is 0 Å². The molecule has 72 valence electrons. The summed E-state index contributed by atoms with van der Waals surface area (Å²) < 4.78 is 25.4. The normalized spacial score (nSPS) is 15.8. The molecule has 0 heterocycles. The summed E-state index contributed by atoms with van der Waals surface area (Å²) in [6.07, 6.45) is 0. The number of hydrogen-bond acceptors (Lipinski definition) is 3. The van der Waals surface area contributed by atoms with E-state index < -0.39 is 23.3 Å². The van der Waals surface area contributed by atoms with Crippen molar-refractivity contribution >= 4 is 17.2 Å². The van der Waals surface area contributed by atoms with E-state index in [0.717, 1.165) is 0 Å². The molecule has 0 spiro atoms. The second-order valence-electron chi connectivity index (χ2n) is 2.61. The van der Waals surface area contributed by atoms with E-state index in [1.54, 1.807) is 13.8 Å². The van der Waals surface area contributed by atoms with Gasteiger partial charge in [-0.15, -0.1) is 0 Å². The van der Waals surface area contributed by atoms with Gasteiger partial charge in [-0.1, -0.05) is 13.8 Å². The Morgan fingerprint density at radius 2 is 2.08 bits per heavy atom. The van der Waals surface area contributed by atoms with Crippen molar-refractivity contribution in [3.8, 4) is 0 Å². The Morgan fingerprint density at radius 3 is 2.33 bits per heavy atom. The molecule has 0 amide bonds. The van der Waals surface area contributed by atoms with Crippen molar-refractivity contribution in [3.63, 3.8) is 0 Å². The van der Waals surface area contributed by atoms with Gasteiger partial charge >= 0.3 is 5.97 Å². The summed E-state index contributed by atoms with van der Waals surface area (Å²) >= 11 is -2.19. The van der Waals surface area contributed by atoms with Gasteiger partial charge in [-0.3, -0.25) is 9.35 Å². The van der Waals surface area contributed by atoms with Crippen LogP contribution in [-0.2, 0) is 20.8 Å². The number of methoxy groups -OCH3 is 1. The van der Waals surface area contributed by atoms with E-state index >= 15 is 0 Å². The van der Waals surface area contributed by atoms with Gasteiger partial charge in [-0.05, 0) is 5.92 Å². The standard InChI is InChI=1S/C6H13NO4S/c1-4(2)5(6(8)11-3)7-12(9)10/h4-5,7H,1-3H3,(H,9,10). The first kappa shape index (κ1) is 11.5. The van der Waals surface area contributed by atoms with Crippen molar-refractivity contribution in [1.29, 1.82) is 0 Å². The molecule has 0 bridgehead atoms. The van der Waals surface area contributed by atoms with Crippen LogP contribution in [0.3, 0.4) is 0 Å². The molecule has 12 heavy (non-hydrogen) atoms. The highest BCUT2D eigenvalue weighted by atomic mass is 32.2. The Kier molecular flexibility index (Phi) is 5.03. The van der Waals surface area contributed by atoms with Gasteiger partial charge in [0.25, 0.3) is 0 Å². The predicted molar refractivity (Wildman–Crippen MR) is 44.5 cm³/mol. The highest BCUT2D eigenvalue weighted by molar-refractivity contribution is 7.77. The zero-order valence-corrected chi connectivity index (χ0v) is 8.05. The van der Waals surface area contributed by atoms with Crippen LogP contribution in [0.4, 0.5) is 0 Å². The lowest BCUT2D eigenvalue weighted by molar-refractivity contribution is -0.143. The minimum absolute atomic E-state index is 0.0893. The Labute approximate surface area is 73.9 Å². The molecule has 0 aromatic rings. The van der Waals surface area contributed by atoms with Crippen LogP contribution < -0.4 is 4.72 Å². The average molecular weight is 195 g/mol. The highest BCUT2D eigenvalue weighted by Crippen LogP contribution is 2.03. The molecule has 0 aromatic carbocycles. The minimum Gasteiger partial charge on any atom is -0.468 e. The molecular formula is C6H13NO4S. The van der Waals surface area contributed by atoms with Gasteiger partial charge in [-0.2, -0.15) is 0 Å². The molecule has 5 nitrogen and oxygen atoms in total. The predicted octanol–water partition coefficient (Wildman–Crippen LogP) is -0.0897. The fraction of sp³-hybridized carbons (Fsp3) is 0.833. The van der Waals surface area contributed by atoms with Crippen molar-refractivity contribution in [2.45, 2.75) is 19.9 Å². The van der Waals surface area contributed by atoms with Crippen LogP contribution in [0, 0.1) is 5.92 Å². The maximum Gasteiger partial charge on any atom is 0.324 e. The van der Waals surface area contributed by atoms with Gasteiger partial charge in [0.05, 0.1) is 7.11 Å². The number of rotatable bonds is 4. The summed E-state index contributed by atoms with van der Waals surface area (Å²) in [6, 6.07) is -0.735. The largest absolute Gasteiger partial charge is 0.468 e. The zero-order chi connectivity index (χ0) is 9.72. The lowest BCUT2D eigenvalue weighted by Crippen LogP contribution is -2.42. The monoisotopic (exact) mass is 195 g/mol. The topological polar surface area (TPSA) is 75.6 Å². The number of carbonyl (C=O) groups is 1. The lowest BCUT2D eigenvalue weighted by Gasteiger charge is -2.16. The third-order valence-electron chi connectivity index (χ3n) is 1.35. The molecule has 2 N–H and O–H groups in total. The smallest absolute Gasteiger partial charge is 0.324 e. The third kappa shape index (κ3) is 3.80. The van der Waals surface area contributed by atoms with Gasteiger partial charge in [0.1, 0.15) is 6.04 Å². The molecule has 0 aliphatic carbocycles. The molecule has 0 fully saturated rings. The Bertz CT molecular complexity index is 182. The van der Waals surface area contributed by atoms with E-state index in [-0.39, 0.29) is 5.92 Å². The van der Waals surface area contributed by atoms with E-state index in [1.165, 1.54) is 7.11 Å². The molecule has 6 heteroatoms. The molecule has 2 unspecified atom stereocenters. The fourth-order valence-electron chi connectivity index (χ4n) is 0.692.